The third-order valence-corrected chi connectivity index (χ3v) is 5.16. The van der Waals surface area contributed by atoms with Crippen LogP contribution in [0.25, 0.3) is 0 Å². The summed E-state index contributed by atoms with van der Waals surface area (Å²) in [5.41, 5.74) is -0.135. The minimum Gasteiger partial charge on any atom is -0.497 e. The minimum atomic E-state index is -0.864. The first kappa shape index (κ1) is 19.2. The zero-order valence-corrected chi connectivity index (χ0v) is 15.3. The number of aliphatic carboxylic acids is 1. The Morgan fingerprint density at radius 3 is 2.64 bits per heavy atom. The van der Waals surface area contributed by atoms with E-state index in [9.17, 15) is 14.7 Å². The highest BCUT2D eigenvalue weighted by molar-refractivity contribution is 5.83. The van der Waals surface area contributed by atoms with Crippen molar-refractivity contribution in [3.63, 3.8) is 0 Å². The van der Waals surface area contributed by atoms with Crippen LogP contribution < -0.4 is 4.74 Å². The Hall–Kier alpha value is -2.08. The summed E-state index contributed by atoms with van der Waals surface area (Å²) in [6, 6.07) is 7.25. The van der Waals surface area contributed by atoms with Gasteiger partial charge >= 0.3 is 5.97 Å². The first-order valence-electron chi connectivity index (χ1n) is 8.50. The normalized spacial score (nSPS) is 19.4. The molecule has 2 rings (SSSR count). The summed E-state index contributed by atoms with van der Waals surface area (Å²) >= 11 is 0. The second-order valence-electron chi connectivity index (χ2n) is 7.04. The van der Waals surface area contributed by atoms with Crippen LogP contribution in [0.2, 0.25) is 0 Å². The summed E-state index contributed by atoms with van der Waals surface area (Å²) in [7, 11) is 3.08. The van der Waals surface area contributed by atoms with E-state index >= 15 is 0 Å². The van der Waals surface area contributed by atoms with Gasteiger partial charge in [-0.3, -0.25) is 9.59 Å². The van der Waals surface area contributed by atoms with Gasteiger partial charge in [-0.05, 0) is 50.3 Å². The highest BCUT2D eigenvalue weighted by Gasteiger charge is 2.41. The van der Waals surface area contributed by atoms with Gasteiger partial charge in [0.2, 0.25) is 0 Å². The monoisotopic (exact) mass is 349 g/mol. The number of ether oxygens (including phenoxy) is 2. The molecule has 0 spiro atoms. The maximum Gasteiger partial charge on any atom is 0.309 e. The van der Waals surface area contributed by atoms with E-state index in [-0.39, 0.29) is 11.8 Å². The molecular weight excluding hydrogens is 322 g/mol. The molecule has 6 nitrogen and oxygen atoms in total. The Labute approximate surface area is 148 Å². The van der Waals surface area contributed by atoms with Gasteiger partial charge < -0.3 is 19.5 Å². The summed E-state index contributed by atoms with van der Waals surface area (Å²) in [6.07, 6.45) is 0.878. The van der Waals surface area contributed by atoms with Gasteiger partial charge in [-0.2, -0.15) is 0 Å². The van der Waals surface area contributed by atoms with Crippen molar-refractivity contribution in [3.8, 4) is 5.75 Å². The lowest BCUT2D eigenvalue weighted by Gasteiger charge is -2.40. The van der Waals surface area contributed by atoms with Gasteiger partial charge in [0.05, 0.1) is 12.5 Å². The van der Waals surface area contributed by atoms with Crippen LogP contribution in [0.5, 0.6) is 5.75 Å². The number of piperidine rings is 1. The first-order valence-corrected chi connectivity index (χ1v) is 8.50. The lowest BCUT2D eigenvalue weighted by atomic mass is 9.74. The molecule has 2 unspecified atom stereocenters. The van der Waals surface area contributed by atoms with E-state index in [4.69, 9.17) is 9.47 Å². The van der Waals surface area contributed by atoms with E-state index in [1.54, 1.807) is 31.9 Å². The Kier molecular flexibility index (Phi) is 6.06. The topological polar surface area (TPSA) is 76.1 Å². The molecule has 1 aromatic carbocycles. The smallest absolute Gasteiger partial charge is 0.309 e. The van der Waals surface area contributed by atoms with Crippen LogP contribution in [0.3, 0.4) is 0 Å². The number of carboxylic acid groups (broad SMARTS) is 1. The largest absolute Gasteiger partial charge is 0.497 e. The third-order valence-electron chi connectivity index (χ3n) is 5.16. The number of carbonyl (C=O) groups excluding carboxylic acids is 1. The standard InChI is InChI=1S/C19H27NO5/c1-19(2,18(22)23)14-8-6-10-20(12-14)17(21)16(25-4)13-7-5-9-15(11-13)24-3/h5,7,9,11,14,16H,6,8,10,12H2,1-4H3,(H,22,23). The molecular formula is C19H27NO5. The molecule has 1 amide bonds. The van der Waals surface area contributed by atoms with Crippen LogP contribution in [-0.4, -0.2) is 49.2 Å². The Morgan fingerprint density at radius 1 is 1.32 bits per heavy atom. The molecule has 1 N–H and O–H groups in total. The first-order chi connectivity index (χ1) is 11.8. The molecule has 25 heavy (non-hydrogen) atoms. The number of benzene rings is 1. The molecule has 1 aliphatic rings. The van der Waals surface area contributed by atoms with Crippen molar-refractivity contribution in [2.45, 2.75) is 32.8 Å². The number of carbonyl (C=O) groups is 2. The number of nitrogens with zero attached hydrogens (tertiary/aromatic N) is 1. The lowest BCUT2D eigenvalue weighted by Crippen LogP contribution is -2.48. The number of hydrogen-bond acceptors (Lipinski definition) is 4. The Balaban J connectivity index is 2.18. The van der Waals surface area contributed by atoms with Gasteiger partial charge in [0.1, 0.15) is 5.75 Å². The maximum absolute atomic E-state index is 13.0. The molecule has 0 bridgehead atoms. The molecule has 0 radical (unpaired) electrons. The molecule has 1 fully saturated rings. The molecule has 138 valence electrons. The zero-order chi connectivity index (χ0) is 18.6. The maximum atomic E-state index is 13.0. The van der Waals surface area contributed by atoms with Gasteiger partial charge in [0.15, 0.2) is 6.10 Å². The molecule has 1 aromatic rings. The van der Waals surface area contributed by atoms with Crippen molar-refractivity contribution < 1.29 is 24.2 Å². The van der Waals surface area contributed by atoms with Crippen LogP contribution in [0.1, 0.15) is 38.4 Å². The molecule has 1 saturated heterocycles. The van der Waals surface area contributed by atoms with Gasteiger partial charge in [0.25, 0.3) is 5.91 Å². The predicted molar refractivity (Wildman–Crippen MR) is 93.5 cm³/mol. The summed E-state index contributed by atoms with van der Waals surface area (Å²) in [5.74, 6) is -0.383. The fraction of sp³-hybridized carbons (Fsp3) is 0.579. The van der Waals surface area contributed by atoms with Crippen molar-refractivity contribution in [3.05, 3.63) is 29.8 Å². The number of methoxy groups -OCH3 is 2. The van der Waals surface area contributed by atoms with Crippen molar-refractivity contribution in [2.24, 2.45) is 11.3 Å². The summed E-state index contributed by atoms with van der Waals surface area (Å²) in [4.78, 5) is 26.2. The van der Waals surface area contributed by atoms with E-state index in [0.717, 1.165) is 18.4 Å². The third kappa shape index (κ3) is 4.12. The van der Waals surface area contributed by atoms with Crippen LogP contribution in [0.4, 0.5) is 0 Å². The van der Waals surface area contributed by atoms with Gasteiger partial charge in [-0.15, -0.1) is 0 Å². The van der Waals surface area contributed by atoms with Crippen LogP contribution in [0.15, 0.2) is 24.3 Å². The fourth-order valence-electron chi connectivity index (χ4n) is 3.29. The second kappa shape index (κ2) is 7.87. The highest BCUT2D eigenvalue weighted by atomic mass is 16.5. The summed E-state index contributed by atoms with van der Waals surface area (Å²) < 4.78 is 10.7. The molecule has 1 aliphatic heterocycles. The Morgan fingerprint density at radius 2 is 2.04 bits per heavy atom. The second-order valence-corrected chi connectivity index (χ2v) is 7.04. The summed E-state index contributed by atoms with van der Waals surface area (Å²) in [6.45, 7) is 4.50. The van der Waals surface area contributed by atoms with E-state index in [2.05, 4.69) is 0 Å². The molecule has 0 aliphatic carbocycles. The molecule has 1 heterocycles. The SMILES string of the molecule is COc1cccc(C(OC)C(=O)N2CCCC(C(C)(C)C(=O)O)C2)c1. The van der Waals surface area contributed by atoms with Crippen molar-refractivity contribution in [2.75, 3.05) is 27.3 Å². The molecule has 6 heteroatoms. The lowest BCUT2D eigenvalue weighted by molar-refractivity contribution is -0.155. The fourth-order valence-corrected chi connectivity index (χ4v) is 3.29. The molecule has 2 atom stereocenters. The van der Waals surface area contributed by atoms with Crippen molar-refractivity contribution >= 4 is 11.9 Å². The van der Waals surface area contributed by atoms with Crippen LogP contribution in [0, 0.1) is 11.3 Å². The minimum absolute atomic E-state index is 0.0782. The van der Waals surface area contributed by atoms with E-state index < -0.39 is 17.5 Å². The van der Waals surface area contributed by atoms with E-state index in [1.165, 1.54) is 7.11 Å². The Bertz CT molecular complexity index is 628. The molecule has 0 saturated carbocycles. The van der Waals surface area contributed by atoms with Crippen molar-refractivity contribution in [1.29, 1.82) is 0 Å². The van der Waals surface area contributed by atoms with Gasteiger partial charge in [0, 0.05) is 20.2 Å². The number of amides is 1. The number of hydrogen-bond donors (Lipinski definition) is 1. The van der Waals surface area contributed by atoms with E-state index in [0.29, 0.717) is 18.8 Å². The summed E-state index contributed by atoms with van der Waals surface area (Å²) in [5, 5.41) is 9.47. The van der Waals surface area contributed by atoms with Crippen LogP contribution in [-0.2, 0) is 14.3 Å². The zero-order valence-electron chi connectivity index (χ0n) is 15.3. The number of carboxylic acids is 1. The highest BCUT2D eigenvalue weighted by Crippen LogP contribution is 2.35. The predicted octanol–water partition coefficient (Wildman–Crippen LogP) is 2.73. The molecule has 0 aromatic heterocycles. The number of rotatable bonds is 6. The quantitative estimate of drug-likeness (QED) is 0.854. The number of likely N-dealkylation sites (tertiary alicyclic amines) is 1. The van der Waals surface area contributed by atoms with Gasteiger partial charge in [-0.25, -0.2) is 0 Å². The van der Waals surface area contributed by atoms with Crippen molar-refractivity contribution in [1.82, 2.24) is 4.90 Å². The van der Waals surface area contributed by atoms with E-state index in [1.807, 2.05) is 18.2 Å². The average molecular weight is 349 g/mol. The van der Waals surface area contributed by atoms with Gasteiger partial charge in [-0.1, -0.05) is 12.1 Å². The van der Waals surface area contributed by atoms with Crippen LogP contribution >= 0.6 is 0 Å². The average Bonchev–Trinajstić information content (AvgIpc) is 2.62.